The predicted octanol–water partition coefficient (Wildman–Crippen LogP) is 2.72. The number of hydrogen-bond donors (Lipinski definition) is 1. The molecule has 0 bridgehead atoms. The molecule has 0 aromatic carbocycles. The molecule has 0 aliphatic rings. The lowest BCUT2D eigenvalue weighted by Gasteiger charge is -2.01. The molecule has 0 saturated heterocycles. The lowest BCUT2D eigenvalue weighted by Crippen LogP contribution is -2.08. The van der Waals surface area contributed by atoms with Gasteiger partial charge in [-0.1, -0.05) is 27.2 Å². The Morgan fingerprint density at radius 1 is 1.43 bits per heavy atom. The summed E-state index contributed by atoms with van der Waals surface area (Å²) >= 11 is 1.84. The van der Waals surface area contributed by atoms with Gasteiger partial charge in [-0.3, -0.25) is 0 Å². The van der Waals surface area contributed by atoms with Gasteiger partial charge >= 0.3 is 0 Å². The molecule has 80 valence electrons. The highest BCUT2D eigenvalue weighted by atomic mass is 32.1. The van der Waals surface area contributed by atoms with Crippen LogP contribution in [0.2, 0.25) is 0 Å². The van der Waals surface area contributed by atoms with Crippen molar-refractivity contribution >= 4 is 11.3 Å². The molecule has 1 unspecified atom stereocenters. The minimum atomic E-state index is 0.413. The van der Waals surface area contributed by atoms with Gasteiger partial charge in [0.25, 0.3) is 0 Å². The van der Waals surface area contributed by atoms with Crippen molar-refractivity contribution < 1.29 is 0 Å². The summed E-state index contributed by atoms with van der Waals surface area (Å²) in [4.78, 5) is 6.13. The highest BCUT2D eigenvalue weighted by molar-refractivity contribution is 7.11. The first-order chi connectivity index (χ1) is 6.72. The first kappa shape index (κ1) is 11.7. The first-order valence-corrected chi connectivity index (χ1v) is 6.23. The van der Waals surface area contributed by atoms with E-state index in [0.29, 0.717) is 12.5 Å². The number of rotatable bonds is 5. The molecule has 0 spiro atoms. The van der Waals surface area contributed by atoms with Gasteiger partial charge in [0, 0.05) is 17.3 Å². The molecule has 1 aromatic rings. The van der Waals surface area contributed by atoms with E-state index >= 15 is 0 Å². The van der Waals surface area contributed by atoms with Crippen molar-refractivity contribution in [2.24, 2.45) is 5.73 Å². The van der Waals surface area contributed by atoms with Crippen LogP contribution in [0.4, 0.5) is 0 Å². The summed E-state index contributed by atoms with van der Waals surface area (Å²) in [7, 11) is 0. The summed E-state index contributed by atoms with van der Waals surface area (Å²) < 4.78 is 0. The van der Waals surface area contributed by atoms with Crippen LogP contribution in [0.3, 0.4) is 0 Å². The molecule has 2 nitrogen and oxygen atoms in total. The standard InChI is InChI=1S/C11H20N2S/c1-4-6-9-10(5-2)14-11(13-9)8(3)7-12/h8H,4-7,12H2,1-3H3. The van der Waals surface area contributed by atoms with Crippen LogP contribution in [-0.4, -0.2) is 11.5 Å². The molecule has 1 aromatic heterocycles. The summed E-state index contributed by atoms with van der Waals surface area (Å²) in [5.74, 6) is 0.413. The van der Waals surface area contributed by atoms with Gasteiger partial charge in [0.05, 0.1) is 10.7 Å². The van der Waals surface area contributed by atoms with Gasteiger partial charge in [-0.2, -0.15) is 0 Å². The summed E-state index contributed by atoms with van der Waals surface area (Å²) in [5, 5.41) is 1.22. The molecular weight excluding hydrogens is 192 g/mol. The van der Waals surface area contributed by atoms with Crippen molar-refractivity contribution in [2.45, 2.75) is 46.0 Å². The third kappa shape index (κ3) is 2.55. The molecule has 0 amide bonds. The highest BCUT2D eigenvalue weighted by Gasteiger charge is 2.12. The number of hydrogen-bond acceptors (Lipinski definition) is 3. The van der Waals surface area contributed by atoms with Gasteiger partial charge in [-0.25, -0.2) is 4.98 Å². The third-order valence-electron chi connectivity index (χ3n) is 2.38. The van der Waals surface area contributed by atoms with Crippen LogP contribution in [0, 0.1) is 0 Å². The Morgan fingerprint density at radius 3 is 2.64 bits per heavy atom. The summed E-state index contributed by atoms with van der Waals surface area (Å²) in [6.07, 6.45) is 3.38. The molecule has 3 heteroatoms. The van der Waals surface area contributed by atoms with Crippen molar-refractivity contribution in [1.29, 1.82) is 0 Å². The molecule has 0 fully saturated rings. The fourth-order valence-electron chi connectivity index (χ4n) is 1.42. The van der Waals surface area contributed by atoms with Crippen LogP contribution >= 0.6 is 11.3 Å². The normalized spacial score (nSPS) is 13.1. The second-order valence-electron chi connectivity index (χ2n) is 3.66. The molecule has 0 aliphatic carbocycles. The minimum Gasteiger partial charge on any atom is -0.330 e. The van der Waals surface area contributed by atoms with Gasteiger partial charge in [-0.05, 0) is 12.8 Å². The molecule has 0 saturated carbocycles. The van der Waals surface area contributed by atoms with E-state index in [1.165, 1.54) is 22.0 Å². The molecule has 0 radical (unpaired) electrons. The lowest BCUT2D eigenvalue weighted by molar-refractivity contribution is 0.754. The molecule has 14 heavy (non-hydrogen) atoms. The van der Waals surface area contributed by atoms with Crippen molar-refractivity contribution in [3.05, 3.63) is 15.6 Å². The van der Waals surface area contributed by atoms with E-state index in [2.05, 4.69) is 25.8 Å². The first-order valence-electron chi connectivity index (χ1n) is 5.41. The van der Waals surface area contributed by atoms with E-state index in [1.54, 1.807) is 0 Å². The Hall–Kier alpha value is -0.410. The van der Waals surface area contributed by atoms with Crippen LogP contribution in [0.25, 0.3) is 0 Å². The van der Waals surface area contributed by atoms with Crippen LogP contribution in [-0.2, 0) is 12.8 Å². The molecule has 2 N–H and O–H groups in total. The largest absolute Gasteiger partial charge is 0.330 e. The Kier molecular flexibility index (Phi) is 4.55. The van der Waals surface area contributed by atoms with E-state index < -0.39 is 0 Å². The Bertz CT molecular complexity index is 281. The van der Waals surface area contributed by atoms with Crippen LogP contribution in [0.1, 0.15) is 48.7 Å². The summed E-state index contributed by atoms with van der Waals surface area (Å²) in [6, 6.07) is 0. The number of aromatic nitrogens is 1. The number of aryl methyl sites for hydroxylation is 2. The van der Waals surface area contributed by atoms with E-state index in [1.807, 2.05) is 11.3 Å². The number of nitrogens with zero attached hydrogens (tertiary/aromatic N) is 1. The van der Waals surface area contributed by atoms with Gasteiger partial charge in [0.1, 0.15) is 0 Å². The maximum Gasteiger partial charge on any atom is 0.0971 e. The topological polar surface area (TPSA) is 38.9 Å². The quantitative estimate of drug-likeness (QED) is 0.815. The van der Waals surface area contributed by atoms with Crippen LogP contribution < -0.4 is 5.73 Å². The van der Waals surface area contributed by atoms with Crippen LogP contribution in [0.5, 0.6) is 0 Å². The number of nitrogens with two attached hydrogens (primary N) is 1. The smallest absolute Gasteiger partial charge is 0.0971 e. The summed E-state index contributed by atoms with van der Waals surface area (Å²) in [5.41, 5.74) is 6.95. The Balaban J connectivity index is 2.88. The van der Waals surface area contributed by atoms with Gasteiger partial charge < -0.3 is 5.73 Å². The zero-order chi connectivity index (χ0) is 10.6. The highest BCUT2D eigenvalue weighted by Crippen LogP contribution is 2.25. The number of thiazole rings is 1. The van der Waals surface area contributed by atoms with Crippen molar-refractivity contribution in [2.75, 3.05) is 6.54 Å². The Morgan fingerprint density at radius 2 is 2.14 bits per heavy atom. The average Bonchev–Trinajstić information content (AvgIpc) is 2.60. The second-order valence-corrected chi connectivity index (χ2v) is 4.78. The minimum absolute atomic E-state index is 0.413. The maximum atomic E-state index is 5.65. The van der Waals surface area contributed by atoms with Crippen molar-refractivity contribution in [3.8, 4) is 0 Å². The van der Waals surface area contributed by atoms with E-state index in [4.69, 9.17) is 5.73 Å². The van der Waals surface area contributed by atoms with E-state index in [0.717, 1.165) is 12.8 Å². The zero-order valence-electron chi connectivity index (χ0n) is 9.34. The van der Waals surface area contributed by atoms with Gasteiger partial charge in [-0.15, -0.1) is 11.3 Å². The molecule has 0 aliphatic heterocycles. The van der Waals surface area contributed by atoms with Gasteiger partial charge in [0.15, 0.2) is 0 Å². The molecular formula is C11H20N2S. The monoisotopic (exact) mass is 212 g/mol. The second kappa shape index (κ2) is 5.47. The fraction of sp³-hybridized carbons (Fsp3) is 0.727. The van der Waals surface area contributed by atoms with E-state index in [-0.39, 0.29) is 0 Å². The zero-order valence-corrected chi connectivity index (χ0v) is 10.2. The predicted molar refractivity (Wildman–Crippen MR) is 63.0 cm³/mol. The molecule has 1 rings (SSSR count). The lowest BCUT2D eigenvalue weighted by atomic mass is 10.2. The molecule has 1 atom stereocenters. The van der Waals surface area contributed by atoms with Gasteiger partial charge in [0.2, 0.25) is 0 Å². The van der Waals surface area contributed by atoms with Crippen molar-refractivity contribution in [3.63, 3.8) is 0 Å². The van der Waals surface area contributed by atoms with Crippen LogP contribution in [0.15, 0.2) is 0 Å². The Labute approximate surface area is 90.6 Å². The SMILES string of the molecule is CCCc1nc(C(C)CN)sc1CC. The summed E-state index contributed by atoms with van der Waals surface area (Å²) in [6.45, 7) is 7.24. The third-order valence-corrected chi connectivity index (χ3v) is 3.85. The fourth-order valence-corrected chi connectivity index (χ4v) is 2.54. The van der Waals surface area contributed by atoms with E-state index in [9.17, 15) is 0 Å². The average molecular weight is 212 g/mol. The van der Waals surface area contributed by atoms with Crippen molar-refractivity contribution in [1.82, 2.24) is 4.98 Å². The molecule has 1 heterocycles. The maximum absolute atomic E-state index is 5.65.